The number of aromatic nitrogens is 4. The molecule has 9 heteroatoms. The van der Waals surface area contributed by atoms with Crippen molar-refractivity contribution in [3.8, 4) is 0 Å². The van der Waals surface area contributed by atoms with Crippen molar-refractivity contribution >= 4 is 17.4 Å². The summed E-state index contributed by atoms with van der Waals surface area (Å²) in [5, 5.41) is 21.8. The van der Waals surface area contributed by atoms with Crippen LogP contribution in [0.3, 0.4) is 0 Å². The number of nitro groups is 1. The molecule has 9 nitrogen and oxygen atoms in total. The molecule has 0 aliphatic rings. The summed E-state index contributed by atoms with van der Waals surface area (Å²) in [7, 11) is 0. The van der Waals surface area contributed by atoms with Crippen molar-refractivity contribution in [1.82, 2.24) is 19.6 Å². The first kappa shape index (κ1) is 17.3. The number of nitrogens with one attached hydrogen (secondary N) is 1. The van der Waals surface area contributed by atoms with E-state index in [1.165, 1.54) is 23.4 Å². The molecule has 0 radical (unpaired) electrons. The highest BCUT2D eigenvalue weighted by atomic mass is 16.6. The molecular formula is C17H18N6O3. The summed E-state index contributed by atoms with van der Waals surface area (Å²) in [5.41, 5.74) is 2.45. The Bertz CT molecular complexity index is 959. The van der Waals surface area contributed by atoms with Crippen LogP contribution in [-0.2, 0) is 17.9 Å². The molecule has 0 spiro atoms. The summed E-state index contributed by atoms with van der Waals surface area (Å²) in [6.07, 6.45) is 3.02. The summed E-state index contributed by atoms with van der Waals surface area (Å²) < 4.78 is 2.97. The van der Waals surface area contributed by atoms with Gasteiger partial charge in [0.05, 0.1) is 11.5 Å². The maximum absolute atomic E-state index is 12.1. The number of amides is 1. The van der Waals surface area contributed by atoms with Crippen molar-refractivity contribution in [3.05, 3.63) is 69.7 Å². The first-order valence-corrected chi connectivity index (χ1v) is 7.98. The summed E-state index contributed by atoms with van der Waals surface area (Å²) in [5.74, 6) is 0.0595. The second-order valence-electron chi connectivity index (χ2n) is 5.99. The predicted octanol–water partition coefficient (Wildman–Crippen LogP) is 2.29. The molecule has 0 aliphatic carbocycles. The van der Waals surface area contributed by atoms with E-state index < -0.39 is 4.92 Å². The molecule has 2 heterocycles. The molecule has 0 saturated heterocycles. The third kappa shape index (κ3) is 4.12. The zero-order valence-electron chi connectivity index (χ0n) is 14.4. The van der Waals surface area contributed by atoms with Crippen LogP contribution in [0.4, 0.5) is 11.5 Å². The van der Waals surface area contributed by atoms with Gasteiger partial charge in [0, 0.05) is 12.3 Å². The summed E-state index contributed by atoms with van der Waals surface area (Å²) in [6.45, 7) is 4.03. The molecule has 1 amide bonds. The van der Waals surface area contributed by atoms with Gasteiger partial charge in [0.15, 0.2) is 5.82 Å². The van der Waals surface area contributed by atoms with Crippen molar-refractivity contribution in [2.45, 2.75) is 26.9 Å². The van der Waals surface area contributed by atoms with Gasteiger partial charge in [-0.25, -0.2) is 0 Å². The van der Waals surface area contributed by atoms with E-state index in [2.05, 4.69) is 21.6 Å². The van der Waals surface area contributed by atoms with E-state index >= 15 is 0 Å². The largest absolute Gasteiger partial charge is 0.309 e. The molecule has 0 unspecified atom stereocenters. The summed E-state index contributed by atoms with van der Waals surface area (Å²) >= 11 is 0. The van der Waals surface area contributed by atoms with Gasteiger partial charge >= 0.3 is 5.69 Å². The molecule has 0 atom stereocenters. The number of hydrogen-bond acceptors (Lipinski definition) is 5. The summed E-state index contributed by atoms with van der Waals surface area (Å²) in [4.78, 5) is 22.4. The molecule has 1 aromatic carbocycles. The topological polar surface area (TPSA) is 108 Å². The standard InChI is InChI=1S/C17H18N6O3/c1-12-4-3-5-14(8-12)9-21-7-6-16(20-21)18-17(24)11-22-10-15(23(25)26)13(2)19-22/h3-8,10H,9,11H2,1-2H3,(H,18,20,24). The minimum atomic E-state index is -0.524. The van der Waals surface area contributed by atoms with Crippen LogP contribution < -0.4 is 5.32 Å². The fourth-order valence-electron chi connectivity index (χ4n) is 2.61. The van der Waals surface area contributed by atoms with Crippen LogP contribution in [0.2, 0.25) is 0 Å². The Labute approximate surface area is 149 Å². The average Bonchev–Trinajstić information content (AvgIpc) is 3.13. The van der Waals surface area contributed by atoms with E-state index in [1.54, 1.807) is 16.9 Å². The second kappa shape index (κ2) is 7.18. The fourth-order valence-corrected chi connectivity index (χ4v) is 2.61. The highest BCUT2D eigenvalue weighted by molar-refractivity contribution is 5.89. The van der Waals surface area contributed by atoms with Crippen LogP contribution in [0, 0.1) is 24.0 Å². The van der Waals surface area contributed by atoms with Gasteiger partial charge in [-0.1, -0.05) is 29.8 Å². The lowest BCUT2D eigenvalue weighted by atomic mass is 10.1. The minimum absolute atomic E-state index is 0.111. The van der Waals surface area contributed by atoms with Crippen molar-refractivity contribution < 1.29 is 9.72 Å². The van der Waals surface area contributed by atoms with E-state index in [0.717, 1.165) is 5.56 Å². The van der Waals surface area contributed by atoms with Crippen molar-refractivity contribution in [1.29, 1.82) is 0 Å². The van der Waals surface area contributed by atoms with Gasteiger partial charge in [-0.3, -0.25) is 24.3 Å². The molecule has 26 heavy (non-hydrogen) atoms. The Hall–Kier alpha value is -3.49. The van der Waals surface area contributed by atoms with Gasteiger partial charge < -0.3 is 5.32 Å². The lowest BCUT2D eigenvalue weighted by Gasteiger charge is -2.04. The Kier molecular flexibility index (Phi) is 4.78. The van der Waals surface area contributed by atoms with Gasteiger partial charge in [-0.2, -0.15) is 10.2 Å². The van der Waals surface area contributed by atoms with Crippen LogP contribution in [0.25, 0.3) is 0 Å². The van der Waals surface area contributed by atoms with Crippen LogP contribution >= 0.6 is 0 Å². The van der Waals surface area contributed by atoms with Crippen molar-refractivity contribution in [2.75, 3.05) is 5.32 Å². The number of nitrogens with zero attached hydrogens (tertiary/aromatic N) is 5. The number of carbonyl (C=O) groups is 1. The first-order chi connectivity index (χ1) is 12.4. The molecule has 3 rings (SSSR count). The molecule has 0 saturated carbocycles. The summed E-state index contributed by atoms with van der Waals surface area (Å²) in [6, 6.07) is 9.80. The number of carbonyl (C=O) groups excluding carboxylic acids is 1. The number of rotatable bonds is 6. The second-order valence-corrected chi connectivity index (χ2v) is 5.99. The van der Waals surface area contributed by atoms with Gasteiger partial charge in [0.25, 0.3) is 0 Å². The first-order valence-electron chi connectivity index (χ1n) is 7.98. The predicted molar refractivity (Wildman–Crippen MR) is 94.8 cm³/mol. The van der Waals surface area contributed by atoms with Crippen LogP contribution in [0.1, 0.15) is 16.8 Å². The third-order valence-electron chi connectivity index (χ3n) is 3.76. The number of benzene rings is 1. The maximum atomic E-state index is 12.1. The van der Waals surface area contributed by atoms with Gasteiger partial charge in [-0.05, 0) is 19.4 Å². The molecule has 0 aliphatic heterocycles. The molecular weight excluding hydrogens is 336 g/mol. The Morgan fingerprint density at radius 2 is 2.04 bits per heavy atom. The van der Waals surface area contributed by atoms with Gasteiger partial charge in [-0.15, -0.1) is 0 Å². The molecule has 2 aromatic heterocycles. The number of hydrogen-bond donors (Lipinski definition) is 1. The Balaban J connectivity index is 1.61. The van der Waals surface area contributed by atoms with Crippen LogP contribution in [0.15, 0.2) is 42.7 Å². The third-order valence-corrected chi connectivity index (χ3v) is 3.76. The Morgan fingerprint density at radius 3 is 2.73 bits per heavy atom. The normalized spacial score (nSPS) is 10.7. The SMILES string of the molecule is Cc1cccc(Cn2ccc(NC(=O)Cn3cc([N+](=O)[O-])c(C)n3)n2)c1. The highest BCUT2D eigenvalue weighted by Gasteiger charge is 2.17. The molecule has 0 fully saturated rings. The number of aryl methyl sites for hydroxylation is 2. The van der Waals surface area contributed by atoms with E-state index in [1.807, 2.05) is 25.1 Å². The Morgan fingerprint density at radius 1 is 1.23 bits per heavy atom. The van der Waals surface area contributed by atoms with Crippen LogP contribution in [0.5, 0.6) is 0 Å². The maximum Gasteiger partial charge on any atom is 0.309 e. The lowest BCUT2D eigenvalue weighted by Crippen LogP contribution is -2.19. The lowest BCUT2D eigenvalue weighted by molar-refractivity contribution is -0.385. The zero-order valence-corrected chi connectivity index (χ0v) is 14.4. The smallest absolute Gasteiger partial charge is 0.308 e. The molecule has 3 aromatic rings. The van der Waals surface area contributed by atoms with Gasteiger partial charge in [0.2, 0.25) is 5.91 Å². The zero-order chi connectivity index (χ0) is 18.7. The highest BCUT2D eigenvalue weighted by Crippen LogP contribution is 2.15. The van der Waals surface area contributed by atoms with E-state index in [0.29, 0.717) is 12.4 Å². The van der Waals surface area contributed by atoms with E-state index in [9.17, 15) is 14.9 Å². The monoisotopic (exact) mass is 354 g/mol. The van der Waals surface area contributed by atoms with Crippen LogP contribution in [-0.4, -0.2) is 30.4 Å². The number of anilines is 1. The van der Waals surface area contributed by atoms with Gasteiger partial charge in [0.1, 0.15) is 18.4 Å². The average molecular weight is 354 g/mol. The molecule has 134 valence electrons. The van der Waals surface area contributed by atoms with E-state index in [4.69, 9.17) is 0 Å². The molecule has 0 bridgehead atoms. The van der Waals surface area contributed by atoms with Crippen molar-refractivity contribution in [2.24, 2.45) is 0 Å². The van der Waals surface area contributed by atoms with E-state index in [-0.39, 0.29) is 23.8 Å². The minimum Gasteiger partial charge on any atom is -0.308 e. The quantitative estimate of drug-likeness (QED) is 0.540. The fraction of sp³-hybridized carbons (Fsp3) is 0.235. The molecule has 1 N–H and O–H groups in total. The van der Waals surface area contributed by atoms with Crippen molar-refractivity contribution in [3.63, 3.8) is 0 Å².